The summed E-state index contributed by atoms with van der Waals surface area (Å²) < 4.78 is 5.46. The van der Waals surface area contributed by atoms with Gasteiger partial charge in [0.15, 0.2) is 0 Å². The van der Waals surface area contributed by atoms with Gasteiger partial charge in [-0.25, -0.2) is 4.98 Å². The number of aromatic amines is 1. The molecule has 1 aliphatic rings. The number of aryl methyl sites for hydroxylation is 1. The van der Waals surface area contributed by atoms with Crippen molar-refractivity contribution in [2.45, 2.75) is 58.0 Å². The van der Waals surface area contributed by atoms with Crippen LogP contribution in [0.1, 0.15) is 44.6 Å². The molecule has 0 bridgehead atoms. The summed E-state index contributed by atoms with van der Waals surface area (Å²) in [5.74, 6) is 0.830. The summed E-state index contributed by atoms with van der Waals surface area (Å²) in [6, 6.07) is 0.327. The van der Waals surface area contributed by atoms with Crippen molar-refractivity contribution in [3.8, 4) is 0 Å². The number of H-pyrrole nitrogens is 1. The fraction of sp³-hybridized carbons (Fsp3) is 0.750. The van der Waals surface area contributed by atoms with Crippen molar-refractivity contribution >= 4 is 5.91 Å². The Labute approximate surface area is 131 Å². The lowest BCUT2D eigenvalue weighted by atomic mass is 9.96. The van der Waals surface area contributed by atoms with Crippen LogP contribution in [0.25, 0.3) is 0 Å². The highest BCUT2D eigenvalue weighted by atomic mass is 16.5. The number of hydrogen-bond donors (Lipinski definition) is 2. The van der Waals surface area contributed by atoms with Gasteiger partial charge in [0.25, 0.3) is 0 Å². The molecule has 1 aliphatic heterocycles. The molecule has 1 aromatic heterocycles. The van der Waals surface area contributed by atoms with Crippen molar-refractivity contribution in [2.24, 2.45) is 0 Å². The van der Waals surface area contributed by atoms with E-state index in [0.717, 1.165) is 37.2 Å². The Balaban J connectivity index is 1.98. The first-order chi connectivity index (χ1) is 10.7. The maximum Gasteiger partial charge on any atom is 0.230 e. The van der Waals surface area contributed by atoms with Crippen LogP contribution in [0, 0.1) is 0 Å². The second kappa shape index (κ2) is 8.29. The van der Waals surface area contributed by atoms with E-state index in [1.807, 2.05) is 4.90 Å². The van der Waals surface area contributed by atoms with E-state index in [-0.39, 0.29) is 24.6 Å². The van der Waals surface area contributed by atoms with Gasteiger partial charge in [0, 0.05) is 17.9 Å². The monoisotopic (exact) mass is 309 g/mol. The van der Waals surface area contributed by atoms with Crippen molar-refractivity contribution in [3.05, 3.63) is 17.7 Å². The number of carbonyl (C=O) groups is 1. The number of nitrogens with zero attached hydrogens (tertiary/aromatic N) is 2. The number of amides is 1. The topological polar surface area (TPSA) is 78.5 Å². The molecule has 0 aliphatic carbocycles. The van der Waals surface area contributed by atoms with Gasteiger partial charge in [0.05, 0.1) is 32.3 Å². The summed E-state index contributed by atoms with van der Waals surface area (Å²) in [6.45, 7) is 4.98. The van der Waals surface area contributed by atoms with Crippen LogP contribution in [0.2, 0.25) is 0 Å². The van der Waals surface area contributed by atoms with Crippen molar-refractivity contribution < 1.29 is 14.6 Å². The molecule has 2 rings (SSSR count). The third-order valence-electron chi connectivity index (χ3n) is 4.24. The molecule has 124 valence electrons. The van der Waals surface area contributed by atoms with Gasteiger partial charge < -0.3 is 19.7 Å². The van der Waals surface area contributed by atoms with Gasteiger partial charge in [-0.05, 0) is 32.6 Å². The lowest BCUT2D eigenvalue weighted by Crippen LogP contribution is -2.51. The molecule has 1 fully saturated rings. The fourth-order valence-corrected chi connectivity index (χ4v) is 3.09. The minimum atomic E-state index is 0.0163. The van der Waals surface area contributed by atoms with Gasteiger partial charge in [-0.3, -0.25) is 4.79 Å². The molecule has 1 amide bonds. The normalized spacial score (nSPS) is 22.0. The Bertz CT molecular complexity index is 475. The van der Waals surface area contributed by atoms with Crippen molar-refractivity contribution in [1.82, 2.24) is 14.9 Å². The summed E-state index contributed by atoms with van der Waals surface area (Å²) in [7, 11) is 0. The van der Waals surface area contributed by atoms with E-state index in [2.05, 4.69) is 23.8 Å². The van der Waals surface area contributed by atoms with E-state index in [1.54, 1.807) is 6.20 Å². The largest absolute Gasteiger partial charge is 0.394 e. The highest BCUT2D eigenvalue weighted by Gasteiger charge is 2.32. The zero-order valence-corrected chi connectivity index (χ0v) is 13.5. The minimum absolute atomic E-state index is 0.0163. The SMILES string of the molecule is CCc1cnc(CC(=O)N2[C@H](COCCO)CCC[C@@H]2C)[nH]1. The standard InChI is InChI=1S/C16H27N3O3/c1-3-13-10-17-15(18-13)9-16(21)19-12(2)5-4-6-14(19)11-22-8-7-20/h10,12,14,20H,3-9,11H2,1-2H3,(H,17,18)/t12-,14-/m0/s1. The molecule has 0 radical (unpaired) electrons. The molecule has 2 heterocycles. The van der Waals surface area contributed by atoms with E-state index in [4.69, 9.17) is 9.84 Å². The summed E-state index contributed by atoms with van der Waals surface area (Å²) >= 11 is 0. The first kappa shape index (κ1) is 17.0. The van der Waals surface area contributed by atoms with Crippen LogP contribution < -0.4 is 0 Å². The highest BCUT2D eigenvalue weighted by molar-refractivity contribution is 5.78. The number of ether oxygens (including phenoxy) is 1. The lowest BCUT2D eigenvalue weighted by molar-refractivity contribution is -0.139. The molecule has 0 unspecified atom stereocenters. The van der Waals surface area contributed by atoms with E-state index in [1.165, 1.54) is 0 Å². The van der Waals surface area contributed by atoms with Crippen LogP contribution in [0.4, 0.5) is 0 Å². The van der Waals surface area contributed by atoms with Crippen molar-refractivity contribution in [1.29, 1.82) is 0 Å². The number of imidazole rings is 1. The zero-order valence-electron chi connectivity index (χ0n) is 13.5. The second-order valence-corrected chi connectivity index (χ2v) is 5.92. The Morgan fingerprint density at radius 3 is 3.05 bits per heavy atom. The smallest absolute Gasteiger partial charge is 0.230 e. The summed E-state index contributed by atoms with van der Waals surface area (Å²) in [4.78, 5) is 22.1. The predicted octanol–water partition coefficient (Wildman–Crippen LogP) is 1.29. The molecule has 0 aromatic carbocycles. The first-order valence-electron chi connectivity index (χ1n) is 8.18. The molecule has 0 spiro atoms. The van der Waals surface area contributed by atoms with E-state index in [0.29, 0.717) is 19.6 Å². The molecule has 6 nitrogen and oxygen atoms in total. The number of aliphatic hydroxyl groups excluding tert-OH is 1. The van der Waals surface area contributed by atoms with Crippen LogP contribution in [0.15, 0.2) is 6.20 Å². The Morgan fingerprint density at radius 2 is 2.36 bits per heavy atom. The number of rotatable bonds is 7. The van der Waals surface area contributed by atoms with Crippen LogP contribution in [-0.4, -0.2) is 57.8 Å². The minimum Gasteiger partial charge on any atom is -0.394 e. The number of aromatic nitrogens is 2. The number of nitrogens with one attached hydrogen (secondary N) is 1. The molecular weight excluding hydrogens is 282 g/mol. The van der Waals surface area contributed by atoms with Crippen molar-refractivity contribution in [2.75, 3.05) is 19.8 Å². The third kappa shape index (κ3) is 4.30. The van der Waals surface area contributed by atoms with Gasteiger partial charge >= 0.3 is 0 Å². The molecule has 0 saturated carbocycles. The maximum atomic E-state index is 12.7. The average molecular weight is 309 g/mol. The molecule has 2 atom stereocenters. The van der Waals surface area contributed by atoms with Crippen molar-refractivity contribution in [3.63, 3.8) is 0 Å². The molecule has 1 aromatic rings. The molecule has 6 heteroatoms. The van der Waals surface area contributed by atoms with Crippen LogP contribution >= 0.6 is 0 Å². The first-order valence-corrected chi connectivity index (χ1v) is 8.18. The van der Waals surface area contributed by atoms with E-state index >= 15 is 0 Å². The quantitative estimate of drug-likeness (QED) is 0.744. The van der Waals surface area contributed by atoms with E-state index in [9.17, 15) is 4.79 Å². The molecule has 1 saturated heterocycles. The molecule has 22 heavy (non-hydrogen) atoms. The Kier molecular flexibility index (Phi) is 6.39. The second-order valence-electron chi connectivity index (χ2n) is 5.92. The third-order valence-corrected chi connectivity index (χ3v) is 4.24. The van der Waals surface area contributed by atoms with Gasteiger partial charge in [-0.1, -0.05) is 6.92 Å². The van der Waals surface area contributed by atoms with Gasteiger partial charge in [-0.2, -0.15) is 0 Å². The van der Waals surface area contributed by atoms with Gasteiger partial charge in [-0.15, -0.1) is 0 Å². The van der Waals surface area contributed by atoms with Crippen LogP contribution in [0.3, 0.4) is 0 Å². The van der Waals surface area contributed by atoms with Crippen LogP contribution in [0.5, 0.6) is 0 Å². The zero-order chi connectivity index (χ0) is 15.9. The predicted molar refractivity (Wildman–Crippen MR) is 83.5 cm³/mol. The number of hydrogen-bond acceptors (Lipinski definition) is 4. The summed E-state index contributed by atoms with van der Waals surface area (Å²) in [5, 5.41) is 8.83. The Hall–Kier alpha value is -1.40. The van der Waals surface area contributed by atoms with Gasteiger partial charge in [0.1, 0.15) is 5.82 Å². The molecular formula is C16H27N3O3. The number of likely N-dealkylation sites (tertiary alicyclic amines) is 1. The van der Waals surface area contributed by atoms with Gasteiger partial charge in [0.2, 0.25) is 5.91 Å². The number of piperidine rings is 1. The summed E-state index contributed by atoms with van der Waals surface area (Å²) in [5.41, 5.74) is 1.05. The number of carbonyl (C=O) groups excluding carboxylic acids is 1. The fourth-order valence-electron chi connectivity index (χ4n) is 3.09. The highest BCUT2D eigenvalue weighted by Crippen LogP contribution is 2.24. The number of aliphatic hydroxyl groups is 1. The average Bonchev–Trinajstić information content (AvgIpc) is 2.95. The maximum absolute atomic E-state index is 12.7. The van der Waals surface area contributed by atoms with Crippen LogP contribution in [-0.2, 0) is 22.4 Å². The lowest BCUT2D eigenvalue weighted by Gasteiger charge is -2.40. The molecule has 2 N–H and O–H groups in total. The Morgan fingerprint density at radius 1 is 1.55 bits per heavy atom. The summed E-state index contributed by atoms with van der Waals surface area (Å²) in [6.07, 6.45) is 6.09. The van der Waals surface area contributed by atoms with E-state index < -0.39 is 0 Å².